The number of piperidine rings is 1. The molecule has 0 spiro atoms. The monoisotopic (exact) mass is 294 g/mol. The van der Waals surface area contributed by atoms with E-state index in [9.17, 15) is 4.79 Å². The lowest BCUT2D eigenvalue weighted by molar-refractivity contribution is -0.134. The molecule has 0 aromatic carbocycles. The van der Waals surface area contributed by atoms with Crippen LogP contribution in [0.3, 0.4) is 0 Å². The summed E-state index contributed by atoms with van der Waals surface area (Å²) in [6.45, 7) is 6.42. The van der Waals surface area contributed by atoms with Gasteiger partial charge < -0.3 is 10.6 Å². The molecule has 2 fully saturated rings. The molecule has 0 aromatic rings. The average Bonchev–Trinajstić information content (AvgIpc) is 2.54. The van der Waals surface area contributed by atoms with E-state index in [4.69, 9.17) is 0 Å². The molecule has 1 aliphatic carbocycles. The van der Waals surface area contributed by atoms with Gasteiger partial charge in [0.05, 0.1) is 5.41 Å². The maximum atomic E-state index is 13.0. The zero-order chi connectivity index (χ0) is 15.1. The Hall–Kier alpha value is -0.570. The molecule has 21 heavy (non-hydrogen) atoms. The highest BCUT2D eigenvalue weighted by molar-refractivity contribution is 5.83. The third-order valence-corrected chi connectivity index (χ3v) is 5.75. The zero-order valence-electron chi connectivity index (χ0n) is 14.0. The number of carbonyl (C=O) groups is 1. The second kappa shape index (κ2) is 8.17. The molecule has 0 aromatic heterocycles. The van der Waals surface area contributed by atoms with Crippen LogP contribution in [0.5, 0.6) is 0 Å². The van der Waals surface area contributed by atoms with Crippen molar-refractivity contribution in [1.82, 2.24) is 10.6 Å². The minimum atomic E-state index is -0.0952. The van der Waals surface area contributed by atoms with Gasteiger partial charge in [-0.15, -0.1) is 0 Å². The van der Waals surface area contributed by atoms with Gasteiger partial charge >= 0.3 is 0 Å². The van der Waals surface area contributed by atoms with Crippen LogP contribution in [0, 0.1) is 11.3 Å². The molecule has 3 nitrogen and oxygen atoms in total. The average molecular weight is 294 g/mol. The van der Waals surface area contributed by atoms with Crippen molar-refractivity contribution in [3.8, 4) is 0 Å². The van der Waals surface area contributed by atoms with E-state index < -0.39 is 0 Å². The van der Waals surface area contributed by atoms with E-state index in [1.54, 1.807) is 0 Å². The fourth-order valence-corrected chi connectivity index (χ4v) is 4.39. The van der Waals surface area contributed by atoms with Gasteiger partial charge in [-0.1, -0.05) is 39.5 Å². The van der Waals surface area contributed by atoms with Crippen molar-refractivity contribution in [3.05, 3.63) is 0 Å². The summed E-state index contributed by atoms with van der Waals surface area (Å²) in [6, 6.07) is 0.404. The van der Waals surface area contributed by atoms with E-state index in [1.165, 1.54) is 32.1 Å². The smallest absolute Gasteiger partial charge is 0.226 e. The fourth-order valence-electron chi connectivity index (χ4n) is 4.39. The first-order chi connectivity index (χ1) is 10.2. The molecule has 1 heterocycles. The lowest BCUT2D eigenvalue weighted by atomic mass is 9.74. The van der Waals surface area contributed by atoms with E-state index in [1.807, 2.05) is 0 Å². The van der Waals surface area contributed by atoms with Crippen molar-refractivity contribution in [2.45, 2.75) is 84.1 Å². The SMILES string of the molecule is CCCC1(C(=O)NC(CC)C2CCCCC2)CCNCC1. The first-order valence-corrected chi connectivity index (χ1v) is 9.23. The van der Waals surface area contributed by atoms with Crippen LogP contribution in [0.4, 0.5) is 0 Å². The van der Waals surface area contributed by atoms with Crippen molar-refractivity contribution < 1.29 is 4.79 Å². The topological polar surface area (TPSA) is 41.1 Å². The van der Waals surface area contributed by atoms with E-state index in [-0.39, 0.29) is 5.41 Å². The Morgan fingerprint density at radius 1 is 1.19 bits per heavy atom. The maximum Gasteiger partial charge on any atom is 0.226 e. The Labute approximate surface area is 130 Å². The predicted octanol–water partition coefficient (Wildman–Crippen LogP) is 3.63. The van der Waals surface area contributed by atoms with Gasteiger partial charge in [0.15, 0.2) is 0 Å². The van der Waals surface area contributed by atoms with E-state index >= 15 is 0 Å². The summed E-state index contributed by atoms with van der Waals surface area (Å²) in [5.74, 6) is 1.07. The van der Waals surface area contributed by atoms with Gasteiger partial charge in [0.1, 0.15) is 0 Å². The number of carbonyl (C=O) groups excluding carboxylic acids is 1. The standard InChI is InChI=1S/C18H34N2O/c1-3-10-18(11-13-19-14-12-18)17(21)20-16(4-2)15-8-6-5-7-9-15/h15-16,19H,3-14H2,1-2H3,(H,20,21). The van der Waals surface area contributed by atoms with Crippen LogP contribution >= 0.6 is 0 Å². The van der Waals surface area contributed by atoms with Crippen LogP contribution in [0.1, 0.15) is 78.1 Å². The molecular weight excluding hydrogens is 260 g/mol. The Kier molecular flexibility index (Phi) is 6.53. The van der Waals surface area contributed by atoms with Crippen LogP contribution in [-0.2, 0) is 4.79 Å². The summed E-state index contributed by atoms with van der Waals surface area (Å²) in [4.78, 5) is 13.0. The van der Waals surface area contributed by atoms with E-state index in [2.05, 4.69) is 24.5 Å². The highest BCUT2D eigenvalue weighted by Crippen LogP contribution is 2.35. The van der Waals surface area contributed by atoms with Gasteiger partial charge in [0, 0.05) is 6.04 Å². The Morgan fingerprint density at radius 3 is 2.43 bits per heavy atom. The van der Waals surface area contributed by atoms with Gasteiger partial charge in [-0.25, -0.2) is 0 Å². The molecule has 0 bridgehead atoms. The quantitative estimate of drug-likeness (QED) is 0.785. The number of hydrogen-bond donors (Lipinski definition) is 2. The van der Waals surface area contributed by atoms with Gasteiger partial charge in [0.25, 0.3) is 0 Å². The highest BCUT2D eigenvalue weighted by Gasteiger charge is 2.39. The zero-order valence-corrected chi connectivity index (χ0v) is 14.0. The normalized spacial score (nSPS) is 24.5. The largest absolute Gasteiger partial charge is 0.353 e. The van der Waals surface area contributed by atoms with Crippen molar-refractivity contribution >= 4 is 5.91 Å². The highest BCUT2D eigenvalue weighted by atomic mass is 16.2. The maximum absolute atomic E-state index is 13.0. The number of nitrogens with one attached hydrogen (secondary N) is 2. The third-order valence-electron chi connectivity index (χ3n) is 5.75. The minimum Gasteiger partial charge on any atom is -0.353 e. The van der Waals surface area contributed by atoms with E-state index in [0.29, 0.717) is 17.9 Å². The number of rotatable bonds is 6. The second-order valence-corrected chi connectivity index (χ2v) is 7.17. The summed E-state index contributed by atoms with van der Waals surface area (Å²) >= 11 is 0. The molecule has 0 radical (unpaired) electrons. The van der Waals surface area contributed by atoms with Crippen molar-refractivity contribution in [1.29, 1.82) is 0 Å². The molecule has 1 saturated carbocycles. The lowest BCUT2D eigenvalue weighted by Crippen LogP contribution is -2.51. The van der Waals surface area contributed by atoms with Gasteiger partial charge in [0.2, 0.25) is 5.91 Å². The summed E-state index contributed by atoms with van der Waals surface area (Å²) in [5.41, 5.74) is -0.0952. The van der Waals surface area contributed by atoms with Crippen molar-refractivity contribution in [2.75, 3.05) is 13.1 Å². The molecule has 122 valence electrons. The number of hydrogen-bond acceptors (Lipinski definition) is 2. The molecule has 2 N–H and O–H groups in total. The minimum absolute atomic E-state index is 0.0952. The first kappa shape index (κ1) is 16.8. The van der Waals surface area contributed by atoms with Gasteiger partial charge in [-0.05, 0) is 57.5 Å². The fraction of sp³-hybridized carbons (Fsp3) is 0.944. The van der Waals surface area contributed by atoms with Gasteiger partial charge in [-0.3, -0.25) is 4.79 Å². The molecule has 1 amide bonds. The summed E-state index contributed by atoms with van der Waals surface area (Å²) < 4.78 is 0. The van der Waals surface area contributed by atoms with Crippen LogP contribution in [0.25, 0.3) is 0 Å². The molecule has 1 atom stereocenters. The molecule has 3 heteroatoms. The Balaban J connectivity index is 1.98. The van der Waals surface area contributed by atoms with Crippen LogP contribution in [0.2, 0.25) is 0 Å². The first-order valence-electron chi connectivity index (χ1n) is 9.23. The van der Waals surface area contributed by atoms with E-state index in [0.717, 1.165) is 45.2 Å². The molecule has 1 aliphatic heterocycles. The van der Waals surface area contributed by atoms with Crippen molar-refractivity contribution in [3.63, 3.8) is 0 Å². The Bertz CT molecular complexity index is 312. The second-order valence-electron chi connectivity index (χ2n) is 7.17. The molecule has 2 aliphatic rings. The third kappa shape index (κ3) is 4.21. The van der Waals surface area contributed by atoms with Crippen molar-refractivity contribution in [2.24, 2.45) is 11.3 Å². The number of amides is 1. The predicted molar refractivity (Wildman–Crippen MR) is 88.2 cm³/mol. The lowest BCUT2D eigenvalue weighted by Gasteiger charge is -2.39. The van der Waals surface area contributed by atoms with Crippen LogP contribution in [0.15, 0.2) is 0 Å². The van der Waals surface area contributed by atoms with Gasteiger partial charge in [-0.2, -0.15) is 0 Å². The molecule has 1 saturated heterocycles. The summed E-state index contributed by atoms with van der Waals surface area (Å²) in [5, 5.41) is 6.87. The summed E-state index contributed by atoms with van der Waals surface area (Å²) in [7, 11) is 0. The molecule has 1 unspecified atom stereocenters. The summed E-state index contributed by atoms with van der Waals surface area (Å²) in [6.07, 6.45) is 11.9. The molecular formula is C18H34N2O. The van der Waals surface area contributed by atoms with Crippen LogP contribution in [-0.4, -0.2) is 25.0 Å². The van der Waals surface area contributed by atoms with Crippen LogP contribution < -0.4 is 10.6 Å². The Morgan fingerprint density at radius 2 is 1.86 bits per heavy atom. The molecule has 2 rings (SSSR count).